The molecule has 3 N–H and O–H groups in total. The number of H-pyrrole nitrogens is 1. The third-order valence-electron chi connectivity index (χ3n) is 5.16. The van der Waals surface area contributed by atoms with Crippen LogP contribution in [0.1, 0.15) is 31.7 Å². The Bertz CT molecular complexity index is 1250. The van der Waals surface area contributed by atoms with Crippen LogP contribution < -0.4 is 15.8 Å². The van der Waals surface area contributed by atoms with Gasteiger partial charge in [0, 0.05) is 17.0 Å². The average Bonchev–Trinajstić information content (AvgIpc) is 3.03. The topological polar surface area (TPSA) is 93.7 Å². The zero-order chi connectivity index (χ0) is 21.4. The van der Waals surface area contributed by atoms with Gasteiger partial charge in [0.15, 0.2) is 0 Å². The van der Waals surface area contributed by atoms with Crippen molar-refractivity contribution in [1.29, 1.82) is 0 Å². The second-order valence-corrected chi connectivity index (χ2v) is 8.11. The lowest BCUT2D eigenvalue weighted by Gasteiger charge is -2.10. The second-order valence-electron chi connectivity index (χ2n) is 8.11. The number of nitrogens with zero attached hydrogens (tertiary/aromatic N) is 4. The zero-order valence-corrected chi connectivity index (χ0v) is 17.8. The smallest absolute Gasteiger partial charge is 0.319 e. The van der Waals surface area contributed by atoms with Crippen molar-refractivity contribution in [3.05, 3.63) is 64.3 Å². The van der Waals surface area contributed by atoms with Crippen LogP contribution in [-0.2, 0) is 6.54 Å². The van der Waals surface area contributed by atoms with Crippen LogP contribution in [0.3, 0.4) is 0 Å². The summed E-state index contributed by atoms with van der Waals surface area (Å²) in [5.74, 6) is 0.647. The van der Waals surface area contributed by atoms with Crippen molar-refractivity contribution in [1.82, 2.24) is 19.7 Å². The molecule has 1 aromatic carbocycles. The highest BCUT2D eigenvalue weighted by Crippen LogP contribution is 2.33. The maximum atomic E-state index is 13.1. The third-order valence-corrected chi connectivity index (χ3v) is 5.16. The van der Waals surface area contributed by atoms with Crippen LogP contribution in [0, 0.1) is 19.8 Å². The molecular formula is C23H27N6O+. The number of aryl methyl sites for hydroxylation is 3. The quantitative estimate of drug-likeness (QED) is 0.500. The summed E-state index contributed by atoms with van der Waals surface area (Å²) >= 11 is 0. The van der Waals surface area contributed by atoms with Crippen LogP contribution in [0.4, 0.5) is 5.95 Å². The normalized spacial score (nSPS) is 11.5. The molecule has 154 valence electrons. The Balaban J connectivity index is 2.07. The molecule has 0 spiro atoms. The lowest BCUT2D eigenvalue weighted by molar-refractivity contribution is -0.516. The van der Waals surface area contributed by atoms with Crippen LogP contribution in [0.5, 0.6) is 0 Å². The largest absolute Gasteiger partial charge is 0.428 e. The summed E-state index contributed by atoms with van der Waals surface area (Å²) in [6, 6.07) is 13.9. The maximum Gasteiger partial charge on any atom is 0.428 e. The van der Waals surface area contributed by atoms with Gasteiger partial charge in [0.25, 0.3) is 0 Å². The molecule has 30 heavy (non-hydrogen) atoms. The minimum atomic E-state index is -0.209. The van der Waals surface area contributed by atoms with Gasteiger partial charge in [-0.3, -0.25) is 4.98 Å². The van der Waals surface area contributed by atoms with Gasteiger partial charge in [-0.05, 0) is 43.9 Å². The van der Waals surface area contributed by atoms with Gasteiger partial charge in [-0.15, -0.1) is 9.38 Å². The minimum Gasteiger partial charge on any atom is -0.319 e. The van der Waals surface area contributed by atoms with Crippen molar-refractivity contribution in [2.45, 2.75) is 40.7 Å². The number of anilines is 1. The van der Waals surface area contributed by atoms with Crippen LogP contribution in [0.25, 0.3) is 28.0 Å². The summed E-state index contributed by atoms with van der Waals surface area (Å²) in [4.78, 5) is 22.3. The number of hydrogen-bond acceptors (Lipinski definition) is 4. The SMILES string of the molecule is Cc1cc(-c2c(-c3ccccc3)nc(N)[n+]3c(=O)n(CCC(C)C)[nH]c23)cc(C)n1. The molecular weight excluding hydrogens is 376 g/mol. The van der Waals surface area contributed by atoms with E-state index in [9.17, 15) is 4.79 Å². The first-order valence-electron chi connectivity index (χ1n) is 10.2. The predicted octanol–water partition coefficient (Wildman–Crippen LogP) is 3.28. The number of aromatic amines is 1. The number of nitrogen functional groups attached to an aromatic ring is 1. The van der Waals surface area contributed by atoms with Crippen LogP contribution >= 0.6 is 0 Å². The summed E-state index contributed by atoms with van der Waals surface area (Å²) < 4.78 is 3.08. The van der Waals surface area contributed by atoms with Gasteiger partial charge in [-0.2, -0.15) is 4.68 Å². The van der Waals surface area contributed by atoms with E-state index in [-0.39, 0.29) is 11.6 Å². The molecule has 0 saturated carbocycles. The van der Waals surface area contributed by atoms with E-state index in [4.69, 9.17) is 5.73 Å². The van der Waals surface area contributed by atoms with E-state index in [1.807, 2.05) is 56.3 Å². The van der Waals surface area contributed by atoms with Gasteiger partial charge in [0.1, 0.15) is 5.69 Å². The van der Waals surface area contributed by atoms with Crippen LogP contribution in [0.2, 0.25) is 0 Å². The fraction of sp³-hybridized carbons (Fsp3) is 0.304. The highest BCUT2D eigenvalue weighted by atomic mass is 16.2. The first kappa shape index (κ1) is 19.8. The number of nitrogens with two attached hydrogens (primary N) is 1. The molecule has 0 atom stereocenters. The Labute approximate surface area is 175 Å². The van der Waals surface area contributed by atoms with Crippen LogP contribution in [-0.4, -0.2) is 19.7 Å². The van der Waals surface area contributed by atoms with Crippen molar-refractivity contribution in [3.63, 3.8) is 0 Å². The number of nitrogens with one attached hydrogen (secondary N) is 1. The van der Waals surface area contributed by atoms with E-state index in [1.54, 1.807) is 4.68 Å². The van der Waals surface area contributed by atoms with E-state index in [2.05, 4.69) is 28.9 Å². The average molecular weight is 404 g/mol. The highest BCUT2D eigenvalue weighted by molar-refractivity contribution is 5.88. The number of rotatable bonds is 5. The molecule has 0 aliphatic carbocycles. The van der Waals surface area contributed by atoms with E-state index >= 15 is 0 Å². The van der Waals surface area contributed by atoms with E-state index in [0.29, 0.717) is 18.1 Å². The second kappa shape index (κ2) is 7.74. The zero-order valence-electron chi connectivity index (χ0n) is 17.8. The van der Waals surface area contributed by atoms with Crippen molar-refractivity contribution in [2.75, 3.05) is 5.73 Å². The van der Waals surface area contributed by atoms with Gasteiger partial charge in [0.05, 0.1) is 12.1 Å². The van der Waals surface area contributed by atoms with Crippen molar-refractivity contribution >= 4 is 11.6 Å². The van der Waals surface area contributed by atoms with Crippen molar-refractivity contribution in [3.8, 4) is 22.4 Å². The molecule has 4 aromatic rings. The molecule has 7 nitrogen and oxygen atoms in total. The number of benzene rings is 1. The Kier molecular flexibility index (Phi) is 5.11. The lowest BCUT2D eigenvalue weighted by atomic mass is 9.99. The van der Waals surface area contributed by atoms with Gasteiger partial charge in [0.2, 0.25) is 5.65 Å². The van der Waals surface area contributed by atoms with Crippen LogP contribution in [0.15, 0.2) is 47.3 Å². The molecule has 0 aliphatic rings. The molecule has 0 fully saturated rings. The minimum absolute atomic E-state index is 0.166. The fourth-order valence-electron chi connectivity index (χ4n) is 3.75. The van der Waals surface area contributed by atoms with Gasteiger partial charge >= 0.3 is 11.6 Å². The summed E-state index contributed by atoms with van der Waals surface area (Å²) in [5.41, 5.74) is 12.0. The molecule has 4 rings (SSSR count). The maximum absolute atomic E-state index is 13.1. The van der Waals surface area contributed by atoms with Crippen molar-refractivity contribution < 1.29 is 4.40 Å². The number of hydrogen-bond donors (Lipinski definition) is 2. The molecule has 3 aromatic heterocycles. The van der Waals surface area contributed by atoms with Crippen molar-refractivity contribution in [2.24, 2.45) is 5.92 Å². The summed E-state index contributed by atoms with van der Waals surface area (Å²) in [7, 11) is 0. The number of pyridine rings is 1. The van der Waals surface area contributed by atoms with Gasteiger partial charge in [-0.25, -0.2) is 9.89 Å². The highest BCUT2D eigenvalue weighted by Gasteiger charge is 2.26. The number of fused-ring (bicyclic) bond motifs is 1. The Hall–Kier alpha value is -3.48. The first-order chi connectivity index (χ1) is 14.3. The molecule has 0 amide bonds. The first-order valence-corrected chi connectivity index (χ1v) is 10.2. The summed E-state index contributed by atoms with van der Waals surface area (Å²) in [5, 5.41) is 3.30. The predicted molar refractivity (Wildman–Crippen MR) is 118 cm³/mol. The molecule has 0 radical (unpaired) electrons. The standard InChI is InChI=1S/C23H26N6O/c1-14(2)10-11-28-23(30)29-21(27-28)19(18-12-15(3)25-16(4)13-18)20(26-22(29)24)17-8-6-5-7-9-17/h5-9,12-14H,10-11H2,1-4H3,(H2,24,25,26,27)/p+1. The fourth-order valence-corrected chi connectivity index (χ4v) is 3.75. The Morgan fingerprint density at radius 3 is 2.37 bits per heavy atom. The van der Waals surface area contributed by atoms with E-state index < -0.39 is 0 Å². The molecule has 3 heterocycles. The molecule has 0 aliphatic heterocycles. The lowest BCUT2D eigenvalue weighted by Crippen LogP contribution is -2.44. The molecule has 0 unspecified atom stereocenters. The van der Waals surface area contributed by atoms with E-state index in [0.717, 1.165) is 40.2 Å². The van der Waals surface area contributed by atoms with Gasteiger partial charge < -0.3 is 5.73 Å². The number of aromatic nitrogens is 5. The molecule has 0 bridgehead atoms. The monoisotopic (exact) mass is 403 g/mol. The van der Waals surface area contributed by atoms with Gasteiger partial charge in [-0.1, -0.05) is 44.2 Å². The summed E-state index contributed by atoms with van der Waals surface area (Å²) in [6.07, 6.45) is 0.884. The van der Waals surface area contributed by atoms with E-state index in [1.165, 1.54) is 4.40 Å². The third kappa shape index (κ3) is 3.58. The molecule has 0 saturated heterocycles. The summed E-state index contributed by atoms with van der Waals surface area (Å²) in [6.45, 7) is 8.79. The Morgan fingerprint density at radius 1 is 1.07 bits per heavy atom. The molecule has 7 heteroatoms. The Morgan fingerprint density at radius 2 is 1.73 bits per heavy atom.